The van der Waals surface area contributed by atoms with E-state index in [4.69, 9.17) is 32.7 Å². The van der Waals surface area contributed by atoms with Crippen LogP contribution in [0, 0.1) is 0 Å². The highest BCUT2D eigenvalue weighted by molar-refractivity contribution is 6.42. The predicted molar refractivity (Wildman–Crippen MR) is 117 cm³/mol. The average molecular weight is 415 g/mol. The first kappa shape index (κ1) is 20.7. The Labute approximate surface area is 177 Å². The molecular weight excluding hydrogens is 391 g/mol. The Morgan fingerprint density at radius 3 is 2.29 bits per heavy atom. The van der Waals surface area contributed by atoms with Crippen LogP contribution in [0.15, 0.2) is 72.8 Å². The molecule has 0 saturated heterocycles. The third-order valence-corrected chi connectivity index (χ3v) is 5.70. The van der Waals surface area contributed by atoms with Crippen LogP contribution in [0.4, 0.5) is 0 Å². The average Bonchev–Trinajstić information content (AvgIpc) is 2.71. The van der Waals surface area contributed by atoms with Gasteiger partial charge in [0.15, 0.2) is 0 Å². The van der Waals surface area contributed by atoms with Crippen LogP contribution in [0.5, 0.6) is 11.5 Å². The lowest BCUT2D eigenvalue weighted by Crippen LogP contribution is -2.27. The van der Waals surface area contributed by atoms with E-state index >= 15 is 0 Å². The molecule has 4 heteroatoms. The molecule has 3 rings (SSSR count). The van der Waals surface area contributed by atoms with E-state index in [0.29, 0.717) is 23.3 Å². The minimum atomic E-state index is -0.133. The molecule has 0 unspecified atom stereocenters. The fourth-order valence-corrected chi connectivity index (χ4v) is 3.28. The van der Waals surface area contributed by atoms with Crippen LogP contribution in [0.2, 0.25) is 10.0 Å². The Bertz CT molecular complexity index is 911. The summed E-state index contributed by atoms with van der Waals surface area (Å²) in [4.78, 5) is 0. The largest absolute Gasteiger partial charge is 0.457 e. The van der Waals surface area contributed by atoms with Crippen LogP contribution in [0.25, 0.3) is 0 Å². The van der Waals surface area contributed by atoms with Gasteiger partial charge in [-0.15, -0.1) is 0 Å². The lowest BCUT2D eigenvalue weighted by Gasteiger charge is -2.29. The monoisotopic (exact) mass is 414 g/mol. The summed E-state index contributed by atoms with van der Waals surface area (Å²) in [6.45, 7) is 5.44. The fourth-order valence-electron chi connectivity index (χ4n) is 2.98. The summed E-state index contributed by atoms with van der Waals surface area (Å²) in [5, 5.41) is 1.14. The Hall–Kier alpha value is -2.00. The molecule has 0 heterocycles. The Morgan fingerprint density at radius 2 is 1.57 bits per heavy atom. The van der Waals surface area contributed by atoms with Gasteiger partial charge in [-0.1, -0.05) is 73.4 Å². The summed E-state index contributed by atoms with van der Waals surface area (Å²) in [6, 6.07) is 23.5. The molecule has 3 aromatic rings. The van der Waals surface area contributed by atoms with Gasteiger partial charge in [0.05, 0.1) is 23.3 Å². The zero-order chi connectivity index (χ0) is 20.0. The molecule has 28 heavy (non-hydrogen) atoms. The standard InChI is InChI=1S/C24H24Cl2O2/c1-3-24(2,19-12-13-22(25)23(26)15-19)17-27-16-18-8-7-11-21(14-18)28-20-9-5-4-6-10-20/h4-15H,3,16-17H2,1-2H3/t24-/m1/s1. The Morgan fingerprint density at radius 1 is 0.821 bits per heavy atom. The van der Waals surface area contributed by atoms with Gasteiger partial charge in [-0.25, -0.2) is 0 Å². The van der Waals surface area contributed by atoms with Crippen molar-refractivity contribution in [1.82, 2.24) is 0 Å². The topological polar surface area (TPSA) is 18.5 Å². The molecule has 0 spiro atoms. The van der Waals surface area contributed by atoms with E-state index in [2.05, 4.69) is 13.8 Å². The van der Waals surface area contributed by atoms with Crippen molar-refractivity contribution in [2.45, 2.75) is 32.3 Å². The molecular formula is C24H24Cl2O2. The van der Waals surface area contributed by atoms with Crippen LogP contribution in [-0.4, -0.2) is 6.61 Å². The number of hydrogen-bond donors (Lipinski definition) is 0. The number of para-hydroxylation sites is 1. The van der Waals surface area contributed by atoms with Gasteiger partial charge in [0.25, 0.3) is 0 Å². The smallest absolute Gasteiger partial charge is 0.127 e. The van der Waals surface area contributed by atoms with Crippen molar-refractivity contribution in [2.24, 2.45) is 0 Å². The van der Waals surface area contributed by atoms with E-state index in [9.17, 15) is 0 Å². The molecule has 3 aromatic carbocycles. The quantitative estimate of drug-likeness (QED) is 0.376. The summed E-state index contributed by atoms with van der Waals surface area (Å²) in [5.74, 6) is 1.62. The number of halogens is 2. The third kappa shape index (κ3) is 5.29. The molecule has 0 bridgehead atoms. The predicted octanol–water partition coefficient (Wildman–Crippen LogP) is 7.67. The SMILES string of the molecule is CC[C@](C)(COCc1cccc(Oc2ccccc2)c1)c1ccc(Cl)c(Cl)c1. The maximum atomic E-state index is 6.20. The summed E-state index contributed by atoms with van der Waals surface area (Å²) in [5.41, 5.74) is 2.07. The van der Waals surface area contributed by atoms with E-state index in [1.54, 1.807) is 0 Å². The summed E-state index contributed by atoms with van der Waals surface area (Å²) in [6.07, 6.45) is 0.933. The second kappa shape index (κ2) is 9.47. The van der Waals surface area contributed by atoms with E-state index in [1.807, 2.05) is 72.8 Å². The molecule has 0 saturated carbocycles. The van der Waals surface area contributed by atoms with E-state index in [1.165, 1.54) is 0 Å². The number of ether oxygens (including phenoxy) is 2. The third-order valence-electron chi connectivity index (χ3n) is 4.96. The first-order valence-corrected chi connectivity index (χ1v) is 10.1. The van der Waals surface area contributed by atoms with Crippen molar-refractivity contribution in [2.75, 3.05) is 6.61 Å². The summed E-state index contributed by atoms with van der Waals surface area (Å²) >= 11 is 12.3. The minimum Gasteiger partial charge on any atom is -0.457 e. The van der Waals surface area contributed by atoms with Crippen LogP contribution in [0.1, 0.15) is 31.4 Å². The molecule has 1 atom stereocenters. The van der Waals surface area contributed by atoms with Gasteiger partial charge in [-0.05, 0) is 53.9 Å². The van der Waals surface area contributed by atoms with Gasteiger partial charge in [0, 0.05) is 5.41 Å². The first-order chi connectivity index (χ1) is 13.5. The summed E-state index contributed by atoms with van der Waals surface area (Å²) in [7, 11) is 0. The second-order valence-corrected chi connectivity index (χ2v) is 7.91. The van der Waals surface area contributed by atoms with Crippen molar-refractivity contribution >= 4 is 23.2 Å². The zero-order valence-electron chi connectivity index (χ0n) is 16.1. The van der Waals surface area contributed by atoms with Crippen molar-refractivity contribution in [1.29, 1.82) is 0 Å². The van der Waals surface area contributed by atoms with Crippen molar-refractivity contribution in [3.05, 3.63) is 94.0 Å². The molecule has 146 valence electrons. The molecule has 0 aromatic heterocycles. The molecule has 0 amide bonds. The van der Waals surface area contributed by atoms with Crippen LogP contribution >= 0.6 is 23.2 Å². The molecule has 0 radical (unpaired) electrons. The van der Waals surface area contributed by atoms with Crippen LogP contribution in [-0.2, 0) is 16.8 Å². The Balaban J connectivity index is 1.63. The van der Waals surface area contributed by atoms with Gasteiger partial charge in [0.1, 0.15) is 11.5 Å². The summed E-state index contributed by atoms with van der Waals surface area (Å²) < 4.78 is 12.0. The lowest BCUT2D eigenvalue weighted by molar-refractivity contribution is 0.0747. The molecule has 0 fully saturated rings. The maximum absolute atomic E-state index is 6.20. The Kier molecular flexibility index (Phi) is 7.01. The van der Waals surface area contributed by atoms with Gasteiger partial charge >= 0.3 is 0 Å². The highest BCUT2D eigenvalue weighted by Gasteiger charge is 2.25. The van der Waals surface area contributed by atoms with Crippen LogP contribution in [0.3, 0.4) is 0 Å². The van der Waals surface area contributed by atoms with E-state index in [-0.39, 0.29) is 5.41 Å². The number of hydrogen-bond acceptors (Lipinski definition) is 2. The fraction of sp³-hybridized carbons (Fsp3) is 0.250. The number of rotatable bonds is 8. The molecule has 0 aliphatic carbocycles. The van der Waals surface area contributed by atoms with E-state index in [0.717, 1.165) is 29.0 Å². The van der Waals surface area contributed by atoms with Gasteiger partial charge in [-0.2, -0.15) is 0 Å². The minimum absolute atomic E-state index is 0.133. The molecule has 2 nitrogen and oxygen atoms in total. The van der Waals surface area contributed by atoms with Crippen molar-refractivity contribution < 1.29 is 9.47 Å². The van der Waals surface area contributed by atoms with Crippen molar-refractivity contribution in [3.8, 4) is 11.5 Å². The first-order valence-electron chi connectivity index (χ1n) is 9.35. The highest BCUT2D eigenvalue weighted by Crippen LogP contribution is 2.33. The highest BCUT2D eigenvalue weighted by atomic mass is 35.5. The number of benzene rings is 3. The van der Waals surface area contributed by atoms with Crippen molar-refractivity contribution in [3.63, 3.8) is 0 Å². The lowest BCUT2D eigenvalue weighted by atomic mass is 9.81. The van der Waals surface area contributed by atoms with E-state index < -0.39 is 0 Å². The molecule has 0 aliphatic rings. The van der Waals surface area contributed by atoms with Gasteiger partial charge in [-0.3, -0.25) is 0 Å². The van der Waals surface area contributed by atoms with Gasteiger partial charge in [0.2, 0.25) is 0 Å². The van der Waals surface area contributed by atoms with Crippen LogP contribution < -0.4 is 4.74 Å². The zero-order valence-corrected chi connectivity index (χ0v) is 17.6. The molecule has 0 aliphatic heterocycles. The second-order valence-electron chi connectivity index (χ2n) is 7.10. The molecule has 0 N–H and O–H groups in total. The maximum Gasteiger partial charge on any atom is 0.127 e. The van der Waals surface area contributed by atoms with Gasteiger partial charge < -0.3 is 9.47 Å². The normalized spacial score (nSPS) is 13.1.